The van der Waals surface area contributed by atoms with Gasteiger partial charge in [-0.1, -0.05) is 37.3 Å². The van der Waals surface area contributed by atoms with E-state index in [0.29, 0.717) is 23.8 Å². The number of anilines is 2. The van der Waals surface area contributed by atoms with Gasteiger partial charge in [0, 0.05) is 18.2 Å². The third-order valence-corrected chi connectivity index (χ3v) is 6.62. The smallest absolute Gasteiger partial charge is 0.263 e. The Kier molecular flexibility index (Phi) is 7.43. The molecule has 2 aromatic rings. The first-order chi connectivity index (χ1) is 14.3. The second-order valence-electron chi connectivity index (χ2n) is 7.50. The molecule has 3 rings (SSSR count). The number of hydrogen-bond donors (Lipinski definition) is 3. The van der Waals surface area contributed by atoms with Crippen molar-refractivity contribution in [2.45, 2.75) is 56.8 Å². The summed E-state index contributed by atoms with van der Waals surface area (Å²) in [5, 5.41) is 9.39. The number of aromatic nitrogens is 1. The number of aryl methyl sites for hydroxylation is 1. The molecule has 1 amide bonds. The van der Waals surface area contributed by atoms with Crippen LogP contribution in [0.4, 0.5) is 11.5 Å². The second-order valence-corrected chi connectivity index (χ2v) is 9.59. The molecule has 0 unspecified atom stereocenters. The zero-order chi connectivity index (χ0) is 21.6. The number of carbonyl (C=O) groups is 1. The molecule has 0 aliphatic heterocycles. The molecule has 1 saturated carbocycles. The van der Waals surface area contributed by atoms with Crippen LogP contribution in [0.25, 0.3) is 0 Å². The number of rotatable bonds is 7. The van der Waals surface area contributed by atoms with E-state index in [0.717, 1.165) is 6.42 Å². The monoisotopic (exact) mass is 450 g/mol. The molecule has 0 saturated heterocycles. The van der Waals surface area contributed by atoms with Gasteiger partial charge in [0.1, 0.15) is 5.76 Å². The number of thiocarbonyl (C=S) groups is 1. The van der Waals surface area contributed by atoms with Gasteiger partial charge in [0.15, 0.2) is 10.9 Å². The Bertz CT molecular complexity index is 980. The van der Waals surface area contributed by atoms with Gasteiger partial charge in [0.25, 0.3) is 10.0 Å². The van der Waals surface area contributed by atoms with E-state index in [2.05, 4.69) is 20.5 Å². The van der Waals surface area contributed by atoms with Crippen molar-refractivity contribution in [3.63, 3.8) is 0 Å². The van der Waals surface area contributed by atoms with Gasteiger partial charge in [-0.15, -0.1) is 0 Å². The van der Waals surface area contributed by atoms with Crippen molar-refractivity contribution in [1.29, 1.82) is 0 Å². The van der Waals surface area contributed by atoms with Crippen molar-refractivity contribution in [2.75, 3.05) is 10.0 Å². The van der Waals surface area contributed by atoms with Crippen LogP contribution in [-0.4, -0.2) is 24.6 Å². The van der Waals surface area contributed by atoms with Crippen molar-refractivity contribution in [3.05, 3.63) is 36.1 Å². The summed E-state index contributed by atoms with van der Waals surface area (Å²) in [6.45, 7) is 1.67. The van der Waals surface area contributed by atoms with Gasteiger partial charge >= 0.3 is 0 Å². The fourth-order valence-electron chi connectivity index (χ4n) is 3.49. The van der Waals surface area contributed by atoms with Gasteiger partial charge in [-0.2, -0.15) is 0 Å². The molecule has 1 heterocycles. The summed E-state index contributed by atoms with van der Waals surface area (Å²) in [4.78, 5) is 12.2. The fourth-order valence-corrected chi connectivity index (χ4v) is 4.71. The number of hydrogen-bond acceptors (Lipinski definition) is 6. The molecule has 162 valence electrons. The highest BCUT2D eigenvalue weighted by atomic mass is 32.2. The lowest BCUT2D eigenvalue weighted by molar-refractivity contribution is -0.120. The maximum Gasteiger partial charge on any atom is 0.263 e. The minimum absolute atomic E-state index is 0.0659. The summed E-state index contributed by atoms with van der Waals surface area (Å²) in [6, 6.07) is 7.51. The molecular formula is C20H26N4O4S2. The van der Waals surface area contributed by atoms with Crippen LogP contribution < -0.4 is 15.4 Å². The summed E-state index contributed by atoms with van der Waals surface area (Å²) >= 11 is 5.19. The van der Waals surface area contributed by atoms with Gasteiger partial charge < -0.3 is 15.2 Å². The number of nitrogens with zero attached hydrogens (tertiary/aromatic N) is 1. The summed E-state index contributed by atoms with van der Waals surface area (Å²) in [5.74, 6) is 1.15. The van der Waals surface area contributed by atoms with Crippen molar-refractivity contribution in [3.8, 4) is 0 Å². The van der Waals surface area contributed by atoms with Crippen molar-refractivity contribution in [1.82, 2.24) is 10.5 Å². The average molecular weight is 451 g/mol. The third kappa shape index (κ3) is 6.53. The Morgan fingerprint density at radius 2 is 1.90 bits per heavy atom. The highest BCUT2D eigenvalue weighted by Crippen LogP contribution is 2.27. The molecule has 30 heavy (non-hydrogen) atoms. The van der Waals surface area contributed by atoms with E-state index in [1.165, 1.54) is 50.3 Å². The predicted octanol–water partition coefficient (Wildman–Crippen LogP) is 3.96. The standard InChI is InChI=1S/C20H26N4O4S2/c1-14-13-18(23-28-14)24-30(26,27)17-10-8-16(9-11-17)21-20(29)22-19(25)12-7-15-5-3-2-4-6-15/h8-11,13,15H,2-7,12H2,1H3,(H,23,24)(H2,21,22,25,29). The summed E-state index contributed by atoms with van der Waals surface area (Å²) in [6.07, 6.45) is 7.56. The van der Waals surface area contributed by atoms with Gasteiger partial charge in [0.2, 0.25) is 5.91 Å². The van der Waals surface area contributed by atoms with E-state index in [1.807, 2.05) is 0 Å². The van der Waals surface area contributed by atoms with E-state index in [1.54, 1.807) is 19.1 Å². The molecule has 1 fully saturated rings. The van der Waals surface area contributed by atoms with Gasteiger partial charge in [-0.3, -0.25) is 9.52 Å². The van der Waals surface area contributed by atoms with Gasteiger partial charge in [-0.05, 0) is 55.7 Å². The quantitative estimate of drug-likeness (QED) is 0.547. The molecule has 0 radical (unpaired) electrons. The van der Waals surface area contributed by atoms with Crippen LogP contribution in [0.15, 0.2) is 39.8 Å². The number of carbonyl (C=O) groups excluding carboxylic acids is 1. The molecule has 10 heteroatoms. The van der Waals surface area contributed by atoms with E-state index < -0.39 is 10.0 Å². The Balaban J connectivity index is 1.48. The van der Waals surface area contributed by atoms with Crippen LogP contribution in [0.3, 0.4) is 0 Å². The van der Waals surface area contributed by atoms with E-state index in [4.69, 9.17) is 16.7 Å². The van der Waals surface area contributed by atoms with Crippen molar-refractivity contribution < 1.29 is 17.7 Å². The maximum atomic E-state index is 12.4. The van der Waals surface area contributed by atoms with Gasteiger partial charge in [0.05, 0.1) is 4.90 Å². The fraction of sp³-hybridized carbons (Fsp3) is 0.450. The highest BCUT2D eigenvalue weighted by molar-refractivity contribution is 7.92. The van der Waals surface area contributed by atoms with Crippen LogP contribution in [0.5, 0.6) is 0 Å². The third-order valence-electron chi connectivity index (χ3n) is 5.05. The lowest BCUT2D eigenvalue weighted by Crippen LogP contribution is -2.34. The Labute approximate surface area is 181 Å². The molecule has 0 spiro atoms. The first kappa shape index (κ1) is 22.2. The first-order valence-corrected chi connectivity index (χ1v) is 11.9. The van der Waals surface area contributed by atoms with Crippen LogP contribution >= 0.6 is 12.2 Å². The minimum Gasteiger partial charge on any atom is -0.360 e. The molecule has 1 aromatic heterocycles. The number of benzene rings is 1. The summed E-state index contributed by atoms with van der Waals surface area (Å²) in [7, 11) is -3.79. The SMILES string of the molecule is Cc1cc(NS(=O)(=O)c2ccc(NC(=S)NC(=O)CCC3CCCCC3)cc2)no1. The van der Waals surface area contributed by atoms with Gasteiger partial charge in [-0.25, -0.2) is 8.42 Å². The highest BCUT2D eigenvalue weighted by Gasteiger charge is 2.17. The molecular weight excluding hydrogens is 424 g/mol. The van der Waals surface area contributed by atoms with Crippen LogP contribution in [0.2, 0.25) is 0 Å². The second kappa shape index (κ2) is 10.0. The Morgan fingerprint density at radius 3 is 2.53 bits per heavy atom. The van der Waals surface area contributed by atoms with E-state index >= 15 is 0 Å². The molecule has 1 aliphatic rings. The van der Waals surface area contributed by atoms with Crippen LogP contribution in [0.1, 0.15) is 50.7 Å². The molecule has 3 N–H and O–H groups in total. The van der Waals surface area contributed by atoms with Crippen molar-refractivity contribution >= 4 is 44.8 Å². The lowest BCUT2D eigenvalue weighted by Gasteiger charge is -2.21. The predicted molar refractivity (Wildman–Crippen MR) is 119 cm³/mol. The van der Waals surface area contributed by atoms with Crippen molar-refractivity contribution in [2.24, 2.45) is 5.92 Å². The molecule has 8 nitrogen and oxygen atoms in total. The minimum atomic E-state index is -3.79. The zero-order valence-corrected chi connectivity index (χ0v) is 18.4. The average Bonchev–Trinajstić information content (AvgIpc) is 3.11. The number of sulfonamides is 1. The molecule has 1 aliphatic carbocycles. The Morgan fingerprint density at radius 1 is 1.20 bits per heavy atom. The van der Waals surface area contributed by atoms with E-state index in [9.17, 15) is 13.2 Å². The number of amides is 1. The largest absolute Gasteiger partial charge is 0.360 e. The molecule has 1 aromatic carbocycles. The Hall–Kier alpha value is -2.46. The molecule has 0 atom stereocenters. The maximum absolute atomic E-state index is 12.4. The lowest BCUT2D eigenvalue weighted by atomic mass is 9.86. The summed E-state index contributed by atoms with van der Waals surface area (Å²) in [5.41, 5.74) is 0.573. The normalized spacial score (nSPS) is 14.8. The number of nitrogens with one attached hydrogen (secondary N) is 3. The zero-order valence-electron chi connectivity index (χ0n) is 16.8. The summed E-state index contributed by atoms with van der Waals surface area (Å²) < 4.78 is 32.0. The molecule has 0 bridgehead atoms. The van der Waals surface area contributed by atoms with Crippen LogP contribution in [0, 0.1) is 12.8 Å². The van der Waals surface area contributed by atoms with Crippen LogP contribution in [-0.2, 0) is 14.8 Å². The first-order valence-electron chi connectivity index (χ1n) is 9.99. The van der Waals surface area contributed by atoms with E-state index in [-0.39, 0.29) is 21.7 Å². The topological polar surface area (TPSA) is 113 Å².